The number of ketones is 3. The van der Waals surface area contributed by atoms with Crippen molar-refractivity contribution in [2.45, 2.75) is 202 Å². The predicted octanol–water partition coefficient (Wildman–Crippen LogP) is 20.3. The summed E-state index contributed by atoms with van der Waals surface area (Å²) in [6, 6.07) is 54.8. The summed E-state index contributed by atoms with van der Waals surface area (Å²) < 4.78 is 0. The van der Waals surface area contributed by atoms with Gasteiger partial charge in [-0.1, -0.05) is 228 Å². The van der Waals surface area contributed by atoms with Crippen LogP contribution in [0.5, 0.6) is 0 Å². The lowest BCUT2D eigenvalue weighted by molar-refractivity contribution is -0.124. The third kappa shape index (κ3) is 24.6. The van der Waals surface area contributed by atoms with Crippen molar-refractivity contribution in [1.29, 1.82) is 0 Å². The Kier molecular flexibility index (Phi) is 30.8. The van der Waals surface area contributed by atoms with Crippen LogP contribution in [0.1, 0.15) is 218 Å². The summed E-state index contributed by atoms with van der Waals surface area (Å²) in [6.07, 6.45) is 5.04. The summed E-state index contributed by atoms with van der Waals surface area (Å²) in [5.74, 6) is -6.27. The zero-order chi connectivity index (χ0) is 84.3. The number of carbonyl (C=O) groups excluding carboxylic acids is 9. The molecule has 0 aliphatic heterocycles. The fraction of sp³-hybridized carbons (Fsp3) is 0.419. The van der Waals surface area contributed by atoms with Gasteiger partial charge < -0.3 is 31.9 Å². The second-order valence-corrected chi connectivity index (χ2v) is 34.4. The van der Waals surface area contributed by atoms with E-state index in [9.17, 15) is 43.2 Å². The van der Waals surface area contributed by atoms with Gasteiger partial charge in [-0.3, -0.25) is 59.4 Å². The van der Waals surface area contributed by atoms with Gasteiger partial charge in [0.25, 0.3) is 17.7 Å². The molecule has 0 spiro atoms. The minimum Gasteiger partial charge on any atom is -0.326 e. The molecule has 0 bridgehead atoms. The number of nitrogens with one attached hydrogen (secondary N) is 9. The van der Waals surface area contributed by atoms with E-state index in [-0.39, 0.29) is 92.0 Å². The van der Waals surface area contributed by atoms with Crippen molar-refractivity contribution in [3.8, 4) is 0 Å². The standard InChI is InChI=1S/C93H120N12O9/c1-22-89(13,14)77(65-36-30-26-31-37-65)56-92(19,20)59(5)83(110)95-68-42-48-71(49-43-68)101-104-80(62(8)107)86(113)98-74-52-73(97-85(112)79(61(7)106)103-100-70-46-40-67(41-47-70)94-82(109)58(4)91(17,18)55-76(88(10,11)12)64-34-28-25-29-35-64)53-75(54-74)99-87(114)81(63(9)108)105-102-72-50-44-69(45-51-72)96-84(111)60(6)93(21,24-3)57-78(90(15,16)23-2)66-38-32-27-33-39-66/h25-54,58-60,76-78,100-102H,22-24,55-57H2,1-21H3,(H,94,109)(H,95,110)(H,96,111)(H,97,112)(H,98,113)(H,99,114)/b103-79-,104-80-,105-81-. The highest BCUT2D eigenvalue weighted by Gasteiger charge is 2.43. The highest BCUT2D eigenvalue weighted by atomic mass is 16.2. The van der Waals surface area contributed by atoms with E-state index in [2.05, 4.69) is 216 Å². The van der Waals surface area contributed by atoms with Gasteiger partial charge in [-0.05, 0) is 184 Å². The molecule has 0 aromatic heterocycles. The van der Waals surface area contributed by atoms with E-state index in [0.29, 0.717) is 34.1 Å². The molecule has 7 aromatic carbocycles. The van der Waals surface area contributed by atoms with Crippen molar-refractivity contribution >= 4 is 121 Å². The quantitative estimate of drug-likeness (QED) is 0.00992. The average molecular weight is 1550 g/mol. The van der Waals surface area contributed by atoms with Crippen molar-refractivity contribution in [3.63, 3.8) is 0 Å². The monoisotopic (exact) mass is 1550 g/mol. The largest absolute Gasteiger partial charge is 0.326 e. The maximum atomic E-state index is 14.2. The average Bonchev–Trinajstić information content (AvgIpc) is 0.799. The molecule has 21 nitrogen and oxygen atoms in total. The molecular formula is C93H120N12O9. The first-order valence-electron chi connectivity index (χ1n) is 39.5. The molecule has 0 radical (unpaired) electrons. The summed E-state index contributed by atoms with van der Waals surface area (Å²) >= 11 is 0. The van der Waals surface area contributed by atoms with Gasteiger partial charge in [0.15, 0.2) is 34.5 Å². The van der Waals surface area contributed by atoms with Crippen molar-refractivity contribution in [2.75, 3.05) is 48.2 Å². The second kappa shape index (κ2) is 39.0. The van der Waals surface area contributed by atoms with E-state index in [1.807, 2.05) is 63.2 Å². The van der Waals surface area contributed by atoms with Crippen LogP contribution in [0.2, 0.25) is 0 Å². The van der Waals surface area contributed by atoms with Gasteiger partial charge >= 0.3 is 0 Å². The molecule has 21 heteroatoms. The molecule has 7 aromatic rings. The molecule has 0 saturated carbocycles. The lowest BCUT2D eigenvalue weighted by Gasteiger charge is -2.43. The molecule has 6 amide bonds. The first kappa shape index (κ1) is 90.0. The summed E-state index contributed by atoms with van der Waals surface area (Å²) in [4.78, 5) is 124. The predicted molar refractivity (Wildman–Crippen MR) is 465 cm³/mol. The first-order valence-corrected chi connectivity index (χ1v) is 39.5. The highest BCUT2D eigenvalue weighted by Crippen LogP contribution is 2.51. The first-order chi connectivity index (χ1) is 53.5. The third-order valence-electron chi connectivity index (χ3n) is 23.6. The van der Waals surface area contributed by atoms with Gasteiger partial charge in [-0.15, -0.1) is 0 Å². The van der Waals surface area contributed by atoms with Gasteiger partial charge in [0, 0.05) is 72.6 Å². The molecule has 0 aliphatic carbocycles. The van der Waals surface area contributed by atoms with Crippen LogP contribution in [0.25, 0.3) is 0 Å². The molecule has 606 valence electrons. The Bertz CT molecular complexity index is 4610. The maximum absolute atomic E-state index is 14.2. The second-order valence-electron chi connectivity index (χ2n) is 34.4. The number of amides is 6. The van der Waals surface area contributed by atoms with Crippen LogP contribution in [0.3, 0.4) is 0 Å². The van der Waals surface area contributed by atoms with Crippen LogP contribution in [0.4, 0.5) is 51.2 Å². The van der Waals surface area contributed by atoms with Gasteiger partial charge in [0.2, 0.25) is 17.7 Å². The molecular weight excluding hydrogens is 1430 g/mol. The highest BCUT2D eigenvalue weighted by molar-refractivity contribution is 6.68. The topological polar surface area (TPSA) is 299 Å². The van der Waals surface area contributed by atoms with Gasteiger partial charge in [0.1, 0.15) is 0 Å². The lowest BCUT2D eigenvalue weighted by atomic mass is 9.62. The number of hydrazone groups is 3. The van der Waals surface area contributed by atoms with E-state index in [0.717, 1.165) is 59.3 Å². The van der Waals surface area contributed by atoms with Crippen LogP contribution in [-0.2, 0) is 43.2 Å². The summed E-state index contributed by atoms with van der Waals surface area (Å²) in [6.45, 7) is 42.1. The zero-order valence-corrected chi connectivity index (χ0v) is 70.5. The number of benzene rings is 7. The number of hydrogen-bond acceptors (Lipinski definition) is 15. The molecule has 9 N–H and O–H groups in total. The summed E-state index contributed by atoms with van der Waals surface area (Å²) in [5, 5.41) is 29.6. The number of carbonyl (C=O) groups is 9. The third-order valence-corrected chi connectivity index (χ3v) is 23.6. The molecule has 0 aliphatic rings. The Morgan fingerprint density at radius 1 is 0.298 bits per heavy atom. The molecule has 7 rings (SSSR count). The van der Waals surface area contributed by atoms with Crippen molar-refractivity contribution in [3.05, 3.63) is 199 Å². The zero-order valence-electron chi connectivity index (χ0n) is 70.5. The van der Waals surface area contributed by atoms with Crippen LogP contribution >= 0.6 is 0 Å². The molecule has 0 heterocycles. The van der Waals surface area contributed by atoms with E-state index in [4.69, 9.17) is 0 Å². The minimum atomic E-state index is -1.02. The number of hydrogen-bond donors (Lipinski definition) is 9. The number of anilines is 9. The Morgan fingerprint density at radius 3 is 0.816 bits per heavy atom. The van der Waals surface area contributed by atoms with Crippen molar-refractivity contribution in [1.82, 2.24) is 0 Å². The molecule has 114 heavy (non-hydrogen) atoms. The van der Waals surface area contributed by atoms with Crippen LogP contribution in [0.15, 0.2) is 197 Å². The van der Waals surface area contributed by atoms with Crippen LogP contribution < -0.4 is 48.2 Å². The van der Waals surface area contributed by atoms with Gasteiger partial charge in [0.05, 0.1) is 17.1 Å². The summed E-state index contributed by atoms with van der Waals surface area (Å²) in [5.41, 5.74) is 11.3. The normalized spacial score (nSPS) is 14.6. The Hall–Kier alpha value is -11.2. The van der Waals surface area contributed by atoms with E-state index in [1.165, 1.54) is 34.9 Å². The fourth-order valence-corrected chi connectivity index (χ4v) is 14.0. The van der Waals surface area contributed by atoms with Crippen molar-refractivity contribution in [2.24, 2.45) is 65.5 Å². The Morgan fingerprint density at radius 2 is 0.553 bits per heavy atom. The summed E-state index contributed by atoms with van der Waals surface area (Å²) in [7, 11) is 0. The van der Waals surface area contributed by atoms with Gasteiger partial charge in [-0.2, -0.15) is 15.3 Å². The fourth-order valence-electron chi connectivity index (χ4n) is 14.0. The van der Waals surface area contributed by atoms with Crippen LogP contribution in [0, 0.1) is 50.2 Å². The Balaban J connectivity index is 1.09. The number of Topliss-reactive ketones (excluding diaryl/α,β-unsaturated/α-hetero) is 3. The van der Waals surface area contributed by atoms with Crippen LogP contribution in [-0.4, -0.2) is 69.9 Å². The number of nitrogens with zero attached hydrogens (tertiary/aromatic N) is 3. The Labute approximate surface area is 674 Å². The molecule has 7 unspecified atom stereocenters. The maximum Gasteiger partial charge on any atom is 0.279 e. The van der Waals surface area contributed by atoms with Gasteiger partial charge in [-0.25, -0.2) is 0 Å². The van der Waals surface area contributed by atoms with Crippen molar-refractivity contribution < 1.29 is 43.2 Å². The molecule has 7 atom stereocenters. The SMILES string of the molecule is CCC(C)(C)C(CC(C)(C)C(C)C(=O)Nc1ccc(N/N=C(/C(C)=O)C(=O)Nc2cc(NC(=O)/C(=N\Nc3ccc(NC(=O)C(C)C(C)(C)CC(c4ccccc4)C(C)(C)C)cc3)C(C)=O)cc(NC(=O)/C(=N\Nc3ccc(NC(=O)C(C)C(C)(CC)CC(c4ccccc4)C(C)(C)CC)cc3)C(C)=O)c2)cc1)c1ccccc1. The molecule has 0 saturated heterocycles. The van der Waals surface area contributed by atoms with E-state index in [1.54, 1.807) is 72.8 Å². The number of rotatable bonds is 38. The van der Waals surface area contributed by atoms with E-state index >= 15 is 0 Å². The van der Waals surface area contributed by atoms with E-state index < -0.39 is 63.0 Å². The minimum absolute atomic E-state index is 0.0208. The molecule has 0 fully saturated rings. The smallest absolute Gasteiger partial charge is 0.279 e. The lowest BCUT2D eigenvalue weighted by Crippen LogP contribution is -2.38.